The van der Waals surface area contributed by atoms with Crippen molar-refractivity contribution in [3.05, 3.63) is 27.8 Å². The molecule has 0 atom stereocenters. The zero-order valence-electron chi connectivity index (χ0n) is 15.7. The molecule has 2 N–H and O–H groups in total. The monoisotopic (exact) mass is 402 g/mol. The molecular weight excluding hydrogens is 376 g/mol. The summed E-state index contributed by atoms with van der Waals surface area (Å²) < 4.78 is 10.5. The Kier molecular flexibility index (Phi) is 9.84. The molecule has 1 aliphatic heterocycles. The highest BCUT2D eigenvalue weighted by atomic mass is 35.5. The van der Waals surface area contributed by atoms with Crippen LogP contribution >= 0.6 is 12.4 Å². The van der Waals surface area contributed by atoms with Gasteiger partial charge in [-0.2, -0.15) is 0 Å². The summed E-state index contributed by atoms with van der Waals surface area (Å²) in [6.07, 6.45) is 0.785. The number of amides is 1. The normalized spacial score (nSPS) is 14.1. The molecule has 1 heterocycles. The van der Waals surface area contributed by atoms with Crippen molar-refractivity contribution in [2.45, 2.75) is 13.3 Å². The predicted octanol–water partition coefficient (Wildman–Crippen LogP) is 1.45. The van der Waals surface area contributed by atoms with Crippen LogP contribution in [0.2, 0.25) is 0 Å². The summed E-state index contributed by atoms with van der Waals surface area (Å²) in [6, 6.07) is 2.59. The molecule has 27 heavy (non-hydrogen) atoms. The van der Waals surface area contributed by atoms with E-state index in [4.69, 9.17) is 9.47 Å². The van der Waals surface area contributed by atoms with Crippen LogP contribution in [0.15, 0.2) is 12.1 Å². The van der Waals surface area contributed by atoms with Gasteiger partial charge in [0, 0.05) is 38.8 Å². The summed E-state index contributed by atoms with van der Waals surface area (Å²) in [6.45, 7) is 7.39. The number of piperazine rings is 1. The molecule has 0 bridgehead atoms. The lowest BCUT2D eigenvalue weighted by Gasteiger charge is -2.27. The summed E-state index contributed by atoms with van der Waals surface area (Å²) in [7, 11) is 1.43. The van der Waals surface area contributed by atoms with Crippen molar-refractivity contribution >= 4 is 24.0 Å². The second-order valence-corrected chi connectivity index (χ2v) is 5.91. The van der Waals surface area contributed by atoms with Crippen LogP contribution in [0.4, 0.5) is 5.69 Å². The van der Waals surface area contributed by atoms with Gasteiger partial charge in [0.15, 0.2) is 11.5 Å². The van der Waals surface area contributed by atoms with Crippen molar-refractivity contribution in [2.24, 2.45) is 0 Å². The number of nitrogens with one attached hydrogen (secondary N) is 2. The van der Waals surface area contributed by atoms with Gasteiger partial charge in [0.1, 0.15) is 5.56 Å². The molecule has 1 amide bonds. The van der Waals surface area contributed by atoms with Crippen molar-refractivity contribution in [3.8, 4) is 11.5 Å². The fourth-order valence-electron chi connectivity index (χ4n) is 2.84. The molecule has 0 radical (unpaired) electrons. The minimum Gasteiger partial charge on any atom is -0.493 e. The van der Waals surface area contributed by atoms with Gasteiger partial charge in [-0.1, -0.05) is 0 Å². The quantitative estimate of drug-likeness (QED) is 0.366. The average Bonchev–Trinajstić information content (AvgIpc) is 2.65. The van der Waals surface area contributed by atoms with Crippen LogP contribution in [-0.2, 0) is 0 Å². The molecule has 2 rings (SSSR count). The topological polar surface area (TPSA) is 106 Å². The Morgan fingerprint density at radius 3 is 2.63 bits per heavy atom. The third kappa shape index (κ3) is 6.53. The van der Waals surface area contributed by atoms with Crippen molar-refractivity contribution in [2.75, 3.05) is 53.0 Å². The Balaban J connectivity index is 0.00000364. The fraction of sp³-hybridized carbons (Fsp3) is 0.588. The maximum atomic E-state index is 12.4. The van der Waals surface area contributed by atoms with Crippen LogP contribution in [0.25, 0.3) is 0 Å². The van der Waals surface area contributed by atoms with Crippen molar-refractivity contribution in [3.63, 3.8) is 0 Å². The average molecular weight is 403 g/mol. The van der Waals surface area contributed by atoms with E-state index in [1.165, 1.54) is 19.2 Å². The number of nitro benzene ring substituents is 1. The van der Waals surface area contributed by atoms with E-state index in [0.29, 0.717) is 18.9 Å². The number of carbonyl (C=O) groups is 1. The number of rotatable bonds is 9. The minimum atomic E-state index is -0.586. The molecule has 0 aliphatic carbocycles. The number of benzene rings is 1. The summed E-state index contributed by atoms with van der Waals surface area (Å²) in [5.41, 5.74) is -0.327. The first kappa shape index (κ1) is 22.9. The van der Waals surface area contributed by atoms with Crippen LogP contribution in [0.3, 0.4) is 0 Å². The third-order valence-electron chi connectivity index (χ3n) is 4.17. The Labute approximate surface area is 164 Å². The maximum absolute atomic E-state index is 12.4. The van der Waals surface area contributed by atoms with Gasteiger partial charge in [0.2, 0.25) is 0 Å². The number of nitrogens with zero attached hydrogens (tertiary/aromatic N) is 2. The molecule has 1 aromatic carbocycles. The second-order valence-electron chi connectivity index (χ2n) is 5.91. The summed E-state index contributed by atoms with van der Waals surface area (Å²) in [4.78, 5) is 25.5. The molecule has 1 aliphatic rings. The van der Waals surface area contributed by atoms with E-state index < -0.39 is 10.8 Å². The highest BCUT2D eigenvalue weighted by Crippen LogP contribution is 2.34. The zero-order chi connectivity index (χ0) is 18.9. The van der Waals surface area contributed by atoms with Crippen molar-refractivity contribution in [1.29, 1.82) is 0 Å². The van der Waals surface area contributed by atoms with E-state index in [9.17, 15) is 14.9 Å². The molecule has 0 unspecified atom stereocenters. The number of methoxy groups -OCH3 is 1. The first-order chi connectivity index (χ1) is 12.6. The lowest BCUT2D eigenvalue weighted by atomic mass is 10.1. The highest BCUT2D eigenvalue weighted by Gasteiger charge is 2.24. The summed E-state index contributed by atoms with van der Waals surface area (Å²) in [5, 5.41) is 17.4. The number of hydrogen-bond acceptors (Lipinski definition) is 7. The van der Waals surface area contributed by atoms with Crippen LogP contribution in [0.1, 0.15) is 23.7 Å². The van der Waals surface area contributed by atoms with Gasteiger partial charge in [0.25, 0.3) is 11.6 Å². The van der Waals surface area contributed by atoms with Gasteiger partial charge in [-0.25, -0.2) is 0 Å². The van der Waals surface area contributed by atoms with Gasteiger partial charge < -0.3 is 25.0 Å². The summed E-state index contributed by atoms with van der Waals surface area (Å²) in [5.74, 6) is 0.0544. The van der Waals surface area contributed by atoms with Crippen molar-refractivity contribution in [1.82, 2.24) is 15.5 Å². The lowest BCUT2D eigenvalue weighted by molar-refractivity contribution is -0.385. The Morgan fingerprint density at radius 1 is 1.33 bits per heavy atom. The maximum Gasteiger partial charge on any atom is 0.286 e. The number of nitro groups is 1. The van der Waals surface area contributed by atoms with E-state index in [1.54, 1.807) is 6.92 Å². The van der Waals surface area contributed by atoms with Crippen LogP contribution < -0.4 is 20.1 Å². The van der Waals surface area contributed by atoms with Crippen LogP contribution in [0.5, 0.6) is 11.5 Å². The number of carbonyl (C=O) groups excluding carboxylic acids is 1. The Morgan fingerprint density at radius 2 is 2.04 bits per heavy atom. The van der Waals surface area contributed by atoms with Gasteiger partial charge >= 0.3 is 0 Å². The predicted molar refractivity (Wildman–Crippen MR) is 104 cm³/mol. The second kappa shape index (κ2) is 11.6. The van der Waals surface area contributed by atoms with E-state index >= 15 is 0 Å². The molecule has 1 fully saturated rings. The Hall–Kier alpha value is -2.10. The molecule has 10 heteroatoms. The van der Waals surface area contributed by atoms with Gasteiger partial charge in [0.05, 0.1) is 24.7 Å². The van der Waals surface area contributed by atoms with E-state index in [-0.39, 0.29) is 29.4 Å². The third-order valence-corrected chi connectivity index (χ3v) is 4.17. The van der Waals surface area contributed by atoms with E-state index in [0.717, 1.165) is 39.1 Å². The van der Waals surface area contributed by atoms with Gasteiger partial charge in [-0.3, -0.25) is 14.9 Å². The van der Waals surface area contributed by atoms with Crippen LogP contribution in [0, 0.1) is 10.1 Å². The molecule has 1 saturated heterocycles. The molecular formula is C17H27ClN4O5. The van der Waals surface area contributed by atoms with Crippen molar-refractivity contribution < 1.29 is 19.2 Å². The minimum absolute atomic E-state index is 0. The Bertz CT molecular complexity index is 638. The molecule has 1 aromatic rings. The molecule has 0 aromatic heterocycles. The molecule has 152 valence electrons. The molecule has 0 spiro atoms. The highest BCUT2D eigenvalue weighted by molar-refractivity contribution is 5.99. The molecule has 0 saturated carbocycles. The number of halogens is 1. The van der Waals surface area contributed by atoms with Gasteiger partial charge in [-0.15, -0.1) is 12.4 Å². The number of hydrogen-bond donors (Lipinski definition) is 2. The van der Waals surface area contributed by atoms with Gasteiger partial charge in [-0.05, 0) is 19.9 Å². The zero-order valence-corrected chi connectivity index (χ0v) is 16.5. The standard InChI is InChI=1S/C17H26N4O5.ClH/c1-3-26-16-12-14(21(23)24)13(11-15(16)25-2)17(22)19-5-4-8-20-9-6-18-7-10-20;/h11-12,18H,3-10H2,1-2H3,(H,19,22);1H. The van der Waals surface area contributed by atoms with E-state index in [2.05, 4.69) is 15.5 Å². The molecule has 9 nitrogen and oxygen atoms in total. The van der Waals surface area contributed by atoms with Crippen LogP contribution in [-0.4, -0.2) is 68.7 Å². The smallest absolute Gasteiger partial charge is 0.286 e. The lowest BCUT2D eigenvalue weighted by Crippen LogP contribution is -2.44. The largest absolute Gasteiger partial charge is 0.493 e. The first-order valence-corrected chi connectivity index (χ1v) is 8.77. The SMILES string of the molecule is CCOc1cc([N+](=O)[O-])c(C(=O)NCCCN2CCNCC2)cc1OC.Cl. The first-order valence-electron chi connectivity index (χ1n) is 8.77. The summed E-state index contributed by atoms with van der Waals surface area (Å²) >= 11 is 0. The number of ether oxygens (including phenoxy) is 2. The van der Waals surface area contributed by atoms with E-state index in [1.807, 2.05) is 0 Å². The fourth-order valence-corrected chi connectivity index (χ4v) is 2.84.